The molecule has 0 aliphatic carbocycles. The van der Waals surface area contributed by atoms with E-state index in [4.69, 9.17) is 4.42 Å². The van der Waals surface area contributed by atoms with Crippen molar-refractivity contribution in [1.29, 1.82) is 0 Å². The Bertz CT molecular complexity index is 994. The Kier molecular flexibility index (Phi) is 4.78. The topological polar surface area (TPSA) is 76.4 Å². The minimum atomic E-state index is -3.59. The predicted octanol–water partition coefficient (Wildman–Crippen LogP) is 2.70. The number of fused-ring (bicyclic) bond motifs is 1. The third-order valence-corrected chi connectivity index (χ3v) is 5.14. The van der Waals surface area contributed by atoms with Gasteiger partial charge in [0.2, 0.25) is 10.0 Å². The van der Waals surface area contributed by atoms with Crippen molar-refractivity contribution in [2.75, 3.05) is 6.54 Å². The molecule has 1 aromatic heterocycles. The SMILES string of the molecule is O=c1ccc2cc(S(=O)(=O)NCCCc3ccccc3)ccc2o1. The first kappa shape index (κ1) is 16.4. The molecule has 24 heavy (non-hydrogen) atoms. The number of sulfonamides is 1. The van der Waals surface area contributed by atoms with Crippen molar-refractivity contribution >= 4 is 21.0 Å². The summed E-state index contributed by atoms with van der Waals surface area (Å²) in [7, 11) is -3.59. The molecule has 0 fully saturated rings. The Balaban J connectivity index is 1.66. The fourth-order valence-electron chi connectivity index (χ4n) is 2.44. The van der Waals surface area contributed by atoms with Crippen molar-refractivity contribution in [2.45, 2.75) is 17.7 Å². The second-order valence-corrected chi connectivity index (χ2v) is 7.21. The van der Waals surface area contributed by atoms with Gasteiger partial charge in [0.05, 0.1) is 4.90 Å². The molecular formula is C18H17NO4S. The first-order chi connectivity index (χ1) is 11.5. The smallest absolute Gasteiger partial charge is 0.336 e. The molecule has 0 radical (unpaired) electrons. The summed E-state index contributed by atoms with van der Waals surface area (Å²) in [5.41, 5.74) is 1.08. The molecule has 0 aliphatic rings. The van der Waals surface area contributed by atoms with Crippen LogP contribution in [0.1, 0.15) is 12.0 Å². The van der Waals surface area contributed by atoms with Gasteiger partial charge in [-0.15, -0.1) is 0 Å². The van der Waals surface area contributed by atoms with E-state index in [1.807, 2.05) is 30.3 Å². The van der Waals surface area contributed by atoms with Crippen LogP contribution in [-0.4, -0.2) is 15.0 Å². The van der Waals surface area contributed by atoms with Crippen LogP contribution in [0.5, 0.6) is 0 Å². The highest BCUT2D eigenvalue weighted by Gasteiger charge is 2.14. The van der Waals surface area contributed by atoms with Gasteiger partial charge in [0.25, 0.3) is 0 Å². The average molecular weight is 343 g/mol. The predicted molar refractivity (Wildman–Crippen MR) is 92.4 cm³/mol. The van der Waals surface area contributed by atoms with Gasteiger partial charge in [0, 0.05) is 18.0 Å². The molecule has 1 N–H and O–H groups in total. The lowest BCUT2D eigenvalue weighted by molar-refractivity contribution is 0.560. The second-order valence-electron chi connectivity index (χ2n) is 5.44. The molecule has 3 aromatic rings. The van der Waals surface area contributed by atoms with Gasteiger partial charge in [-0.2, -0.15) is 0 Å². The zero-order valence-corrected chi connectivity index (χ0v) is 13.8. The average Bonchev–Trinajstić information content (AvgIpc) is 2.59. The molecule has 6 heteroatoms. The van der Waals surface area contributed by atoms with Crippen LogP contribution in [-0.2, 0) is 16.4 Å². The number of hydrogen-bond donors (Lipinski definition) is 1. The number of aryl methyl sites for hydroxylation is 1. The molecule has 0 unspecified atom stereocenters. The standard InChI is InChI=1S/C18H17NO4S/c20-18-11-8-15-13-16(9-10-17(15)23-18)24(21,22)19-12-4-7-14-5-2-1-3-6-14/h1-3,5-6,8-11,13,19H,4,7,12H2. The summed E-state index contributed by atoms with van der Waals surface area (Å²) in [6.45, 7) is 0.360. The van der Waals surface area contributed by atoms with Gasteiger partial charge in [-0.05, 0) is 42.7 Å². The van der Waals surface area contributed by atoms with Crippen molar-refractivity contribution in [3.8, 4) is 0 Å². The molecule has 0 atom stereocenters. The van der Waals surface area contributed by atoms with Crippen LogP contribution in [0.3, 0.4) is 0 Å². The van der Waals surface area contributed by atoms with E-state index in [0.29, 0.717) is 23.9 Å². The largest absolute Gasteiger partial charge is 0.423 e. The molecule has 0 spiro atoms. The number of rotatable bonds is 6. The van der Waals surface area contributed by atoms with E-state index in [1.54, 1.807) is 6.07 Å². The number of nitrogens with one attached hydrogen (secondary N) is 1. The monoisotopic (exact) mass is 343 g/mol. The Hall–Kier alpha value is -2.44. The summed E-state index contributed by atoms with van der Waals surface area (Å²) in [5, 5.41) is 0.571. The van der Waals surface area contributed by atoms with Crippen molar-refractivity contribution in [3.63, 3.8) is 0 Å². The molecule has 5 nitrogen and oxygen atoms in total. The Morgan fingerprint density at radius 2 is 1.75 bits per heavy atom. The summed E-state index contributed by atoms with van der Waals surface area (Å²) >= 11 is 0. The lowest BCUT2D eigenvalue weighted by Gasteiger charge is -2.07. The van der Waals surface area contributed by atoms with E-state index >= 15 is 0 Å². The van der Waals surface area contributed by atoms with Gasteiger partial charge in [-0.1, -0.05) is 30.3 Å². The highest BCUT2D eigenvalue weighted by atomic mass is 32.2. The summed E-state index contributed by atoms with van der Waals surface area (Å²) < 4.78 is 32.3. The Labute approximate surface area is 140 Å². The highest BCUT2D eigenvalue weighted by molar-refractivity contribution is 7.89. The maximum Gasteiger partial charge on any atom is 0.336 e. The van der Waals surface area contributed by atoms with Crippen molar-refractivity contribution < 1.29 is 12.8 Å². The first-order valence-electron chi connectivity index (χ1n) is 7.62. The highest BCUT2D eigenvalue weighted by Crippen LogP contribution is 2.17. The molecule has 124 valence electrons. The van der Waals surface area contributed by atoms with Gasteiger partial charge < -0.3 is 4.42 Å². The van der Waals surface area contributed by atoms with Crippen LogP contribution in [0.4, 0.5) is 0 Å². The normalized spacial score (nSPS) is 11.7. The number of benzene rings is 2. The molecule has 0 aliphatic heterocycles. The van der Waals surface area contributed by atoms with Gasteiger partial charge in [0.15, 0.2) is 0 Å². The molecule has 3 rings (SSSR count). The maximum atomic E-state index is 12.4. The molecule has 1 heterocycles. The molecule has 2 aromatic carbocycles. The fourth-order valence-corrected chi connectivity index (χ4v) is 3.55. The zero-order chi connectivity index (χ0) is 17.0. The number of hydrogen-bond acceptors (Lipinski definition) is 4. The van der Waals surface area contributed by atoms with Crippen LogP contribution in [0.25, 0.3) is 11.0 Å². The van der Waals surface area contributed by atoms with Crippen LogP contribution in [0.15, 0.2) is 74.8 Å². The van der Waals surface area contributed by atoms with Gasteiger partial charge in [-0.3, -0.25) is 0 Å². The van der Waals surface area contributed by atoms with E-state index in [1.165, 1.54) is 29.8 Å². The van der Waals surface area contributed by atoms with Crippen molar-refractivity contribution in [3.05, 3.63) is 76.6 Å². The molecular weight excluding hydrogens is 326 g/mol. The first-order valence-corrected chi connectivity index (χ1v) is 9.10. The molecule has 0 bridgehead atoms. The van der Waals surface area contributed by atoms with Crippen LogP contribution in [0, 0.1) is 0 Å². The Morgan fingerprint density at radius 1 is 0.958 bits per heavy atom. The third kappa shape index (κ3) is 3.90. The van der Waals surface area contributed by atoms with Gasteiger partial charge >= 0.3 is 5.63 Å². The summed E-state index contributed by atoms with van der Waals surface area (Å²) in [6.07, 6.45) is 1.53. The van der Waals surface area contributed by atoms with E-state index in [2.05, 4.69) is 4.72 Å². The molecule has 0 amide bonds. The van der Waals surface area contributed by atoms with E-state index in [9.17, 15) is 13.2 Å². The van der Waals surface area contributed by atoms with Crippen molar-refractivity contribution in [2.24, 2.45) is 0 Å². The van der Waals surface area contributed by atoms with E-state index in [0.717, 1.165) is 6.42 Å². The van der Waals surface area contributed by atoms with E-state index < -0.39 is 15.6 Å². The minimum Gasteiger partial charge on any atom is -0.423 e. The molecule has 0 saturated carbocycles. The van der Waals surface area contributed by atoms with Crippen LogP contribution < -0.4 is 10.3 Å². The zero-order valence-electron chi connectivity index (χ0n) is 12.9. The fraction of sp³-hybridized carbons (Fsp3) is 0.167. The van der Waals surface area contributed by atoms with Gasteiger partial charge in [-0.25, -0.2) is 17.9 Å². The minimum absolute atomic E-state index is 0.156. The van der Waals surface area contributed by atoms with E-state index in [-0.39, 0.29) is 4.90 Å². The lowest BCUT2D eigenvalue weighted by atomic mass is 10.1. The van der Waals surface area contributed by atoms with Crippen LogP contribution in [0.2, 0.25) is 0 Å². The van der Waals surface area contributed by atoms with Gasteiger partial charge in [0.1, 0.15) is 5.58 Å². The second kappa shape index (κ2) is 6.98. The summed E-state index contributed by atoms with van der Waals surface area (Å²) in [4.78, 5) is 11.3. The molecule has 0 saturated heterocycles. The summed E-state index contributed by atoms with van der Waals surface area (Å²) in [6, 6.07) is 17.2. The Morgan fingerprint density at radius 3 is 2.54 bits per heavy atom. The lowest BCUT2D eigenvalue weighted by Crippen LogP contribution is -2.25. The third-order valence-electron chi connectivity index (χ3n) is 3.68. The summed E-state index contributed by atoms with van der Waals surface area (Å²) in [5.74, 6) is 0. The maximum absolute atomic E-state index is 12.4. The quantitative estimate of drug-likeness (QED) is 0.551. The van der Waals surface area contributed by atoms with Crippen LogP contribution >= 0.6 is 0 Å². The van der Waals surface area contributed by atoms with Crippen molar-refractivity contribution in [1.82, 2.24) is 4.72 Å².